The number of aromatic nitrogens is 2. The van der Waals surface area contributed by atoms with Gasteiger partial charge in [-0.1, -0.05) is 43.8 Å². The monoisotopic (exact) mass is 411 g/mol. The lowest BCUT2D eigenvalue weighted by Gasteiger charge is -2.20. The minimum atomic E-state index is 0.580. The zero-order chi connectivity index (χ0) is 20.4. The fourth-order valence-corrected chi connectivity index (χ4v) is 5.09. The number of fused-ring (bicyclic) bond motifs is 2. The summed E-state index contributed by atoms with van der Waals surface area (Å²) >= 11 is 1.80. The number of nitrogens with one attached hydrogen (secondary N) is 1. The number of benzene rings is 2. The van der Waals surface area contributed by atoms with E-state index in [1.807, 2.05) is 0 Å². The Morgan fingerprint density at radius 2 is 2.03 bits per heavy atom. The van der Waals surface area contributed by atoms with Gasteiger partial charge in [-0.25, -0.2) is 0 Å². The van der Waals surface area contributed by atoms with Crippen molar-refractivity contribution in [2.75, 3.05) is 45.2 Å². The molecule has 1 aliphatic heterocycles. The molecular formula is C22H29N5OS. The van der Waals surface area contributed by atoms with Crippen molar-refractivity contribution in [3.63, 3.8) is 0 Å². The second kappa shape index (κ2) is 8.65. The first-order chi connectivity index (χ1) is 14.2. The van der Waals surface area contributed by atoms with Crippen LogP contribution in [-0.2, 0) is 6.54 Å². The van der Waals surface area contributed by atoms with Crippen LogP contribution in [0, 0.1) is 0 Å². The molecule has 0 spiro atoms. The van der Waals surface area contributed by atoms with Crippen LogP contribution in [0.25, 0.3) is 22.2 Å². The van der Waals surface area contributed by atoms with E-state index in [1.165, 1.54) is 20.7 Å². The summed E-state index contributed by atoms with van der Waals surface area (Å²) in [6.07, 6.45) is 0. The van der Waals surface area contributed by atoms with Crippen LogP contribution in [0.2, 0.25) is 0 Å². The van der Waals surface area contributed by atoms with Crippen LogP contribution in [0.3, 0.4) is 0 Å². The van der Waals surface area contributed by atoms with E-state index in [0.29, 0.717) is 6.54 Å². The van der Waals surface area contributed by atoms with Gasteiger partial charge in [-0.3, -0.25) is 4.68 Å². The fraction of sp³-hybridized carbons (Fsp3) is 0.409. The average molecular weight is 412 g/mol. The van der Waals surface area contributed by atoms with Gasteiger partial charge in [0.05, 0.1) is 19.3 Å². The van der Waals surface area contributed by atoms with Gasteiger partial charge in [0.1, 0.15) is 17.0 Å². The van der Waals surface area contributed by atoms with Crippen molar-refractivity contribution in [1.82, 2.24) is 14.7 Å². The summed E-state index contributed by atoms with van der Waals surface area (Å²) in [7, 11) is 1.73. The normalized spacial score (nSPS) is 12.4. The number of nitrogens with zero attached hydrogens (tertiary/aromatic N) is 3. The molecule has 3 aromatic rings. The van der Waals surface area contributed by atoms with E-state index in [1.54, 1.807) is 18.9 Å². The van der Waals surface area contributed by atoms with E-state index in [0.717, 1.165) is 55.4 Å². The summed E-state index contributed by atoms with van der Waals surface area (Å²) < 4.78 is 7.94. The molecule has 1 aromatic heterocycles. The third-order valence-corrected chi connectivity index (χ3v) is 6.69. The molecule has 4 rings (SSSR count). The number of methoxy groups -OCH3 is 1. The SMILES string of the molecule is CCN(CC)CCn1nc2c3c(c(NCCN)cc(OC)c31)Sc1ccccc1-2. The fourth-order valence-electron chi connectivity index (χ4n) is 3.91. The predicted octanol–water partition coefficient (Wildman–Crippen LogP) is 3.89. The lowest BCUT2D eigenvalue weighted by atomic mass is 10.1. The van der Waals surface area contributed by atoms with E-state index in [9.17, 15) is 0 Å². The number of rotatable bonds is 9. The van der Waals surface area contributed by atoms with Gasteiger partial charge in [0, 0.05) is 46.4 Å². The maximum atomic E-state index is 5.82. The van der Waals surface area contributed by atoms with E-state index in [2.05, 4.69) is 59.1 Å². The quantitative estimate of drug-likeness (QED) is 0.436. The van der Waals surface area contributed by atoms with Crippen molar-refractivity contribution in [3.05, 3.63) is 30.3 Å². The van der Waals surface area contributed by atoms with Crippen LogP contribution in [0.1, 0.15) is 13.8 Å². The molecule has 0 saturated heterocycles. The zero-order valence-electron chi connectivity index (χ0n) is 17.4. The Kier molecular flexibility index (Phi) is 5.99. The molecule has 2 aromatic carbocycles. The van der Waals surface area contributed by atoms with Crippen LogP contribution < -0.4 is 15.8 Å². The highest BCUT2D eigenvalue weighted by Gasteiger charge is 2.28. The molecule has 0 aliphatic carbocycles. The highest BCUT2D eigenvalue weighted by molar-refractivity contribution is 8.00. The van der Waals surface area contributed by atoms with Crippen molar-refractivity contribution in [2.45, 2.75) is 30.2 Å². The van der Waals surface area contributed by atoms with Crippen LogP contribution in [0.15, 0.2) is 40.1 Å². The van der Waals surface area contributed by atoms with Crippen molar-refractivity contribution in [3.8, 4) is 17.0 Å². The van der Waals surface area contributed by atoms with Crippen LogP contribution in [-0.4, -0.2) is 54.5 Å². The molecule has 0 amide bonds. The molecule has 0 saturated carbocycles. The number of likely N-dealkylation sites (N-methyl/N-ethyl adjacent to an activating group) is 1. The Morgan fingerprint density at radius 3 is 2.76 bits per heavy atom. The molecule has 0 fully saturated rings. The largest absolute Gasteiger partial charge is 0.494 e. The average Bonchev–Trinajstić information content (AvgIpc) is 3.14. The third-order valence-electron chi connectivity index (χ3n) is 5.49. The Labute approximate surface area is 176 Å². The molecule has 29 heavy (non-hydrogen) atoms. The lowest BCUT2D eigenvalue weighted by molar-refractivity contribution is 0.286. The van der Waals surface area contributed by atoms with Crippen LogP contribution >= 0.6 is 11.8 Å². The summed E-state index contributed by atoms with van der Waals surface area (Å²) in [6.45, 7) is 9.57. The second-order valence-corrected chi connectivity index (χ2v) is 8.14. The highest BCUT2D eigenvalue weighted by Crippen LogP contribution is 2.52. The topological polar surface area (TPSA) is 68.3 Å². The molecule has 7 heteroatoms. The second-order valence-electron chi connectivity index (χ2n) is 7.09. The van der Waals surface area contributed by atoms with Crippen molar-refractivity contribution in [2.24, 2.45) is 5.73 Å². The third kappa shape index (κ3) is 3.58. The Balaban J connectivity index is 1.90. The van der Waals surface area contributed by atoms with Crippen LogP contribution in [0.4, 0.5) is 5.69 Å². The molecule has 1 aliphatic rings. The van der Waals surface area contributed by atoms with Gasteiger partial charge in [-0.2, -0.15) is 5.10 Å². The predicted molar refractivity (Wildman–Crippen MR) is 121 cm³/mol. The summed E-state index contributed by atoms with van der Waals surface area (Å²) in [4.78, 5) is 4.85. The van der Waals surface area contributed by atoms with Gasteiger partial charge in [-0.05, 0) is 19.2 Å². The Bertz CT molecular complexity index is 1010. The number of anilines is 1. The summed E-state index contributed by atoms with van der Waals surface area (Å²) in [5, 5.41) is 9.73. The number of ether oxygens (including phenoxy) is 1. The molecule has 2 heterocycles. The van der Waals surface area contributed by atoms with E-state index < -0.39 is 0 Å². The Hall–Kier alpha value is -2.22. The minimum absolute atomic E-state index is 0.580. The van der Waals surface area contributed by atoms with E-state index in [4.69, 9.17) is 15.6 Å². The van der Waals surface area contributed by atoms with E-state index in [-0.39, 0.29) is 0 Å². The van der Waals surface area contributed by atoms with Crippen molar-refractivity contribution in [1.29, 1.82) is 0 Å². The summed E-state index contributed by atoms with van der Waals surface area (Å²) in [5.41, 5.74) is 10.1. The smallest absolute Gasteiger partial charge is 0.146 e. The Morgan fingerprint density at radius 1 is 1.24 bits per heavy atom. The van der Waals surface area contributed by atoms with Gasteiger partial charge >= 0.3 is 0 Å². The lowest BCUT2D eigenvalue weighted by Crippen LogP contribution is -2.27. The standard InChI is InChI=1S/C22H29N5OS/c1-4-26(5-2)12-13-27-21-17(28-3)14-16(24-11-10-23)22-19(21)20(25-27)15-8-6-7-9-18(15)29-22/h6-9,14,24H,4-5,10-13,23H2,1-3H3. The first-order valence-electron chi connectivity index (χ1n) is 10.3. The number of nitrogens with two attached hydrogens (primary N) is 1. The minimum Gasteiger partial charge on any atom is -0.494 e. The van der Waals surface area contributed by atoms with Gasteiger partial charge in [0.15, 0.2) is 0 Å². The molecule has 3 N–H and O–H groups in total. The van der Waals surface area contributed by atoms with E-state index >= 15 is 0 Å². The first-order valence-corrected chi connectivity index (χ1v) is 11.1. The van der Waals surface area contributed by atoms with Gasteiger partial charge in [0.2, 0.25) is 0 Å². The van der Waals surface area contributed by atoms with Crippen LogP contribution in [0.5, 0.6) is 5.75 Å². The van der Waals surface area contributed by atoms with Gasteiger partial charge in [-0.15, -0.1) is 0 Å². The van der Waals surface area contributed by atoms with Gasteiger partial charge < -0.3 is 20.7 Å². The maximum Gasteiger partial charge on any atom is 0.146 e. The van der Waals surface area contributed by atoms with Crippen molar-refractivity contribution >= 4 is 28.4 Å². The maximum absolute atomic E-state index is 5.82. The van der Waals surface area contributed by atoms with Gasteiger partial charge in [0.25, 0.3) is 0 Å². The molecule has 6 nitrogen and oxygen atoms in total. The molecule has 0 bridgehead atoms. The summed E-state index contributed by atoms with van der Waals surface area (Å²) in [6, 6.07) is 10.6. The number of hydrogen-bond acceptors (Lipinski definition) is 6. The molecule has 0 unspecified atom stereocenters. The molecule has 154 valence electrons. The zero-order valence-corrected chi connectivity index (χ0v) is 18.2. The number of hydrogen-bond donors (Lipinski definition) is 2. The summed E-state index contributed by atoms with van der Waals surface area (Å²) in [5.74, 6) is 0.849. The highest BCUT2D eigenvalue weighted by atomic mass is 32.2. The molecular weight excluding hydrogens is 382 g/mol. The molecule has 0 atom stereocenters. The van der Waals surface area contributed by atoms with Crippen molar-refractivity contribution < 1.29 is 4.74 Å². The first kappa shape index (κ1) is 20.1. The molecule has 0 radical (unpaired) electrons.